The van der Waals surface area contributed by atoms with Gasteiger partial charge in [-0.15, -0.1) is 0 Å². The van der Waals surface area contributed by atoms with Crippen LogP contribution in [0, 0.1) is 0 Å². The van der Waals surface area contributed by atoms with Crippen molar-refractivity contribution < 1.29 is 18.9 Å². The maximum absolute atomic E-state index is 5.23. The van der Waals surface area contributed by atoms with Crippen LogP contribution in [-0.2, 0) is 18.9 Å². The lowest BCUT2D eigenvalue weighted by molar-refractivity contribution is -0.125. The molecule has 2 aliphatic heterocycles. The molecule has 0 N–H and O–H groups in total. The van der Waals surface area contributed by atoms with Crippen LogP contribution in [0.5, 0.6) is 0 Å². The van der Waals surface area contributed by atoms with Crippen molar-refractivity contribution in [1.82, 2.24) is 0 Å². The largest absolute Gasteiger partial charge is 0.350 e. The van der Waals surface area contributed by atoms with E-state index in [9.17, 15) is 0 Å². The van der Waals surface area contributed by atoms with E-state index in [2.05, 4.69) is 0 Å². The van der Waals surface area contributed by atoms with Crippen LogP contribution in [0.3, 0.4) is 0 Å². The minimum Gasteiger partial charge on any atom is -0.350 e. The number of hydrogen-bond donors (Lipinski definition) is 0. The van der Waals surface area contributed by atoms with Crippen molar-refractivity contribution in [2.75, 3.05) is 26.4 Å². The normalized spacial score (nSPS) is 28.4. The summed E-state index contributed by atoms with van der Waals surface area (Å²) in [6, 6.07) is 0. The van der Waals surface area contributed by atoms with Gasteiger partial charge in [-0.2, -0.15) is 0 Å². The molecule has 4 nitrogen and oxygen atoms in total. The van der Waals surface area contributed by atoms with Crippen LogP contribution < -0.4 is 0 Å². The Kier molecular flexibility index (Phi) is 2.38. The molecule has 0 atom stereocenters. The zero-order valence-corrected chi connectivity index (χ0v) is 6.32. The van der Waals surface area contributed by atoms with Crippen LogP contribution in [0.25, 0.3) is 0 Å². The Morgan fingerprint density at radius 1 is 0.727 bits per heavy atom. The van der Waals surface area contributed by atoms with E-state index < -0.39 is 0 Å². The first-order valence-electron chi connectivity index (χ1n) is 3.91. The van der Waals surface area contributed by atoms with Crippen LogP contribution in [0.15, 0.2) is 0 Å². The van der Waals surface area contributed by atoms with Gasteiger partial charge in [0.15, 0.2) is 12.6 Å². The lowest BCUT2D eigenvalue weighted by atomic mass is 10.4. The molecule has 0 amide bonds. The van der Waals surface area contributed by atoms with Gasteiger partial charge in [0.25, 0.3) is 0 Å². The summed E-state index contributed by atoms with van der Waals surface area (Å²) in [5.74, 6) is 0. The van der Waals surface area contributed by atoms with E-state index in [4.69, 9.17) is 18.9 Å². The van der Waals surface area contributed by atoms with Crippen LogP contribution in [0.1, 0.15) is 6.42 Å². The van der Waals surface area contributed by atoms with Gasteiger partial charge in [0.1, 0.15) is 0 Å². The first-order valence-corrected chi connectivity index (χ1v) is 3.91. The molecule has 2 fully saturated rings. The molecular formula is C7H12O4. The molecule has 0 spiro atoms. The van der Waals surface area contributed by atoms with Crippen molar-refractivity contribution in [1.29, 1.82) is 0 Å². The fourth-order valence-electron chi connectivity index (χ4n) is 1.24. The molecule has 0 aliphatic carbocycles. The van der Waals surface area contributed by atoms with Gasteiger partial charge >= 0.3 is 0 Å². The third-order valence-corrected chi connectivity index (χ3v) is 1.77. The van der Waals surface area contributed by atoms with Gasteiger partial charge in [-0.25, -0.2) is 0 Å². The highest BCUT2D eigenvalue weighted by molar-refractivity contribution is 4.58. The molecule has 0 aromatic carbocycles. The minimum absolute atomic E-state index is 0.113. The SMILES string of the molecule is C1COC(CC2OCCO2)O1. The van der Waals surface area contributed by atoms with E-state index in [0.29, 0.717) is 32.8 Å². The monoisotopic (exact) mass is 160 g/mol. The first-order chi connectivity index (χ1) is 5.45. The van der Waals surface area contributed by atoms with Gasteiger partial charge in [0.2, 0.25) is 0 Å². The summed E-state index contributed by atoms with van der Waals surface area (Å²) in [6.07, 6.45) is 0.469. The maximum atomic E-state index is 5.23. The molecule has 2 aliphatic rings. The fraction of sp³-hybridized carbons (Fsp3) is 1.00. The summed E-state index contributed by atoms with van der Waals surface area (Å²) in [5.41, 5.74) is 0. The molecule has 2 saturated heterocycles. The lowest BCUT2D eigenvalue weighted by Gasteiger charge is -2.12. The molecule has 64 valence electrons. The Bertz CT molecular complexity index is 102. The van der Waals surface area contributed by atoms with Crippen molar-refractivity contribution >= 4 is 0 Å². The second kappa shape index (κ2) is 3.49. The van der Waals surface area contributed by atoms with Crippen molar-refractivity contribution in [2.45, 2.75) is 19.0 Å². The summed E-state index contributed by atoms with van der Waals surface area (Å²) < 4.78 is 20.9. The molecule has 0 aromatic heterocycles. The molecular weight excluding hydrogens is 148 g/mol. The van der Waals surface area contributed by atoms with Crippen molar-refractivity contribution in [3.8, 4) is 0 Å². The summed E-state index contributed by atoms with van der Waals surface area (Å²) in [6.45, 7) is 2.77. The fourth-order valence-corrected chi connectivity index (χ4v) is 1.24. The highest BCUT2D eigenvalue weighted by atomic mass is 16.7. The minimum atomic E-state index is -0.113. The molecule has 0 saturated carbocycles. The highest BCUT2D eigenvalue weighted by Crippen LogP contribution is 2.15. The van der Waals surface area contributed by atoms with Crippen molar-refractivity contribution in [2.24, 2.45) is 0 Å². The Labute approximate surface area is 65.4 Å². The quantitative estimate of drug-likeness (QED) is 0.575. The number of hydrogen-bond acceptors (Lipinski definition) is 4. The average Bonchev–Trinajstić information content (AvgIpc) is 2.60. The van der Waals surface area contributed by atoms with Gasteiger partial charge in [0, 0.05) is 6.42 Å². The van der Waals surface area contributed by atoms with Crippen LogP contribution >= 0.6 is 0 Å². The molecule has 0 radical (unpaired) electrons. The highest BCUT2D eigenvalue weighted by Gasteiger charge is 2.24. The van der Waals surface area contributed by atoms with Gasteiger partial charge < -0.3 is 18.9 Å². The molecule has 11 heavy (non-hydrogen) atoms. The van der Waals surface area contributed by atoms with Gasteiger partial charge in [-0.05, 0) is 0 Å². The molecule has 2 rings (SSSR count). The molecule has 4 heteroatoms. The Hall–Kier alpha value is -0.160. The number of ether oxygens (including phenoxy) is 4. The van der Waals surface area contributed by atoms with Crippen LogP contribution in [-0.4, -0.2) is 39.0 Å². The molecule has 0 aromatic rings. The summed E-state index contributed by atoms with van der Waals surface area (Å²) >= 11 is 0. The Morgan fingerprint density at radius 3 is 1.45 bits per heavy atom. The second-order valence-electron chi connectivity index (χ2n) is 2.58. The van der Waals surface area contributed by atoms with E-state index >= 15 is 0 Å². The van der Waals surface area contributed by atoms with E-state index in [0.717, 1.165) is 0 Å². The zero-order valence-electron chi connectivity index (χ0n) is 6.32. The summed E-state index contributed by atoms with van der Waals surface area (Å²) in [7, 11) is 0. The summed E-state index contributed by atoms with van der Waals surface area (Å²) in [4.78, 5) is 0. The van der Waals surface area contributed by atoms with E-state index in [-0.39, 0.29) is 12.6 Å². The van der Waals surface area contributed by atoms with Crippen LogP contribution in [0.4, 0.5) is 0 Å². The topological polar surface area (TPSA) is 36.9 Å². The van der Waals surface area contributed by atoms with Crippen LogP contribution in [0.2, 0.25) is 0 Å². The third kappa shape index (κ3) is 1.90. The lowest BCUT2D eigenvalue weighted by Crippen LogP contribution is -2.18. The van der Waals surface area contributed by atoms with E-state index in [1.807, 2.05) is 0 Å². The predicted octanol–water partition coefficient (Wildman–Crippen LogP) is 0.122. The van der Waals surface area contributed by atoms with E-state index in [1.54, 1.807) is 0 Å². The molecule has 0 bridgehead atoms. The zero-order chi connectivity index (χ0) is 7.52. The average molecular weight is 160 g/mol. The second-order valence-corrected chi connectivity index (χ2v) is 2.58. The smallest absolute Gasteiger partial charge is 0.162 e. The Balaban J connectivity index is 1.71. The predicted molar refractivity (Wildman–Crippen MR) is 36.0 cm³/mol. The van der Waals surface area contributed by atoms with Crippen molar-refractivity contribution in [3.63, 3.8) is 0 Å². The number of rotatable bonds is 2. The van der Waals surface area contributed by atoms with E-state index in [1.165, 1.54) is 0 Å². The Morgan fingerprint density at radius 2 is 1.09 bits per heavy atom. The first kappa shape index (κ1) is 7.49. The van der Waals surface area contributed by atoms with Gasteiger partial charge in [0.05, 0.1) is 26.4 Å². The standard InChI is InChI=1S/C7H12O4/c1-2-9-6(8-1)5-7-10-3-4-11-7/h6-7H,1-5H2. The molecule has 2 heterocycles. The van der Waals surface area contributed by atoms with Gasteiger partial charge in [-0.1, -0.05) is 0 Å². The summed E-state index contributed by atoms with van der Waals surface area (Å²) in [5, 5.41) is 0. The van der Waals surface area contributed by atoms with Gasteiger partial charge in [-0.3, -0.25) is 0 Å². The third-order valence-electron chi connectivity index (χ3n) is 1.77. The maximum Gasteiger partial charge on any atom is 0.162 e. The van der Waals surface area contributed by atoms with Crippen molar-refractivity contribution in [3.05, 3.63) is 0 Å². The molecule has 0 unspecified atom stereocenters.